The van der Waals surface area contributed by atoms with Crippen molar-refractivity contribution in [2.45, 2.75) is 19.8 Å². The molecule has 0 unspecified atom stereocenters. The molecule has 1 rings (SSSR count). The van der Waals surface area contributed by atoms with Crippen molar-refractivity contribution in [3.8, 4) is 5.75 Å². The van der Waals surface area contributed by atoms with Gasteiger partial charge in [0.05, 0.1) is 0 Å². The van der Waals surface area contributed by atoms with Gasteiger partial charge in [-0.05, 0) is 50.6 Å². The maximum Gasteiger partial charge on any atom is 0.119 e. The molecule has 0 atom stereocenters. The second kappa shape index (κ2) is 10.2. The Morgan fingerprint density at radius 3 is 2.56 bits per heavy atom. The van der Waals surface area contributed by atoms with E-state index in [4.69, 9.17) is 21.1 Å². The van der Waals surface area contributed by atoms with Crippen LogP contribution in [0.25, 0.3) is 0 Å². The van der Waals surface area contributed by atoms with Crippen LogP contribution in [0.4, 0.5) is 0 Å². The van der Waals surface area contributed by atoms with Gasteiger partial charge in [-0.3, -0.25) is 0 Å². The van der Waals surface area contributed by atoms with E-state index in [-0.39, 0.29) is 0 Å². The summed E-state index contributed by atoms with van der Waals surface area (Å²) in [5.41, 5.74) is 0. The van der Waals surface area contributed by atoms with E-state index in [2.05, 4.69) is 5.32 Å². The first kappa shape index (κ1) is 15.3. The molecule has 0 aliphatic carbocycles. The minimum Gasteiger partial charge on any atom is -0.492 e. The normalized spacial score (nSPS) is 10.6. The standard InChI is InChI=1S/C14H22ClNO2/c1-2-17-11-4-3-9-16-10-12-18-14-7-5-13(15)6-8-14/h5-8,16H,2-4,9-12H2,1H3. The first-order valence-electron chi connectivity index (χ1n) is 6.49. The highest BCUT2D eigenvalue weighted by Crippen LogP contribution is 2.14. The van der Waals surface area contributed by atoms with Gasteiger partial charge in [0.2, 0.25) is 0 Å². The number of hydrogen-bond donors (Lipinski definition) is 1. The van der Waals surface area contributed by atoms with Gasteiger partial charge in [-0.15, -0.1) is 0 Å². The van der Waals surface area contributed by atoms with Crippen molar-refractivity contribution in [3.63, 3.8) is 0 Å². The number of rotatable bonds is 10. The fourth-order valence-electron chi connectivity index (χ4n) is 1.50. The molecule has 0 fully saturated rings. The zero-order chi connectivity index (χ0) is 13.1. The topological polar surface area (TPSA) is 30.5 Å². The molecule has 0 heterocycles. The molecule has 0 amide bonds. The number of halogens is 1. The summed E-state index contributed by atoms with van der Waals surface area (Å²) in [6, 6.07) is 7.42. The largest absolute Gasteiger partial charge is 0.492 e. The molecule has 0 saturated heterocycles. The number of hydrogen-bond acceptors (Lipinski definition) is 3. The first-order chi connectivity index (χ1) is 8.83. The summed E-state index contributed by atoms with van der Waals surface area (Å²) < 4.78 is 10.8. The van der Waals surface area contributed by atoms with Crippen LogP contribution in [-0.2, 0) is 4.74 Å². The van der Waals surface area contributed by atoms with Crippen LogP contribution < -0.4 is 10.1 Å². The molecule has 102 valence electrons. The Balaban J connectivity index is 1.91. The molecule has 1 aromatic carbocycles. The number of unbranched alkanes of at least 4 members (excludes halogenated alkanes) is 1. The van der Waals surface area contributed by atoms with Gasteiger partial charge in [-0.2, -0.15) is 0 Å². The van der Waals surface area contributed by atoms with E-state index in [0.29, 0.717) is 6.61 Å². The van der Waals surface area contributed by atoms with Gasteiger partial charge in [0.15, 0.2) is 0 Å². The van der Waals surface area contributed by atoms with Crippen LogP contribution >= 0.6 is 11.6 Å². The minimum atomic E-state index is 0.674. The Bertz CT molecular complexity index is 303. The summed E-state index contributed by atoms with van der Waals surface area (Å²) in [5, 5.41) is 4.07. The van der Waals surface area contributed by atoms with Crippen molar-refractivity contribution in [1.82, 2.24) is 5.32 Å². The zero-order valence-corrected chi connectivity index (χ0v) is 11.7. The summed E-state index contributed by atoms with van der Waals surface area (Å²) in [7, 11) is 0. The Kier molecular flexibility index (Phi) is 8.65. The summed E-state index contributed by atoms with van der Waals surface area (Å²) in [4.78, 5) is 0. The highest BCUT2D eigenvalue weighted by molar-refractivity contribution is 6.30. The third kappa shape index (κ3) is 7.54. The third-order valence-electron chi connectivity index (χ3n) is 2.46. The van der Waals surface area contributed by atoms with Crippen LogP contribution in [0.2, 0.25) is 5.02 Å². The molecule has 0 spiro atoms. The van der Waals surface area contributed by atoms with Crippen molar-refractivity contribution >= 4 is 11.6 Å². The summed E-state index contributed by atoms with van der Waals surface area (Å²) in [6.07, 6.45) is 2.25. The molecule has 18 heavy (non-hydrogen) atoms. The Hall–Kier alpha value is -0.770. The summed E-state index contributed by atoms with van der Waals surface area (Å²) >= 11 is 5.79. The molecule has 0 radical (unpaired) electrons. The monoisotopic (exact) mass is 271 g/mol. The molecule has 1 N–H and O–H groups in total. The maximum absolute atomic E-state index is 5.79. The lowest BCUT2D eigenvalue weighted by Crippen LogP contribution is -2.22. The summed E-state index contributed by atoms with van der Waals surface area (Å²) in [6.45, 7) is 6.23. The lowest BCUT2D eigenvalue weighted by atomic mass is 10.3. The third-order valence-corrected chi connectivity index (χ3v) is 2.71. The van der Waals surface area contributed by atoms with Crippen LogP contribution in [0.15, 0.2) is 24.3 Å². The lowest BCUT2D eigenvalue weighted by molar-refractivity contribution is 0.143. The Labute approximate surface area is 114 Å². The van der Waals surface area contributed by atoms with E-state index in [0.717, 1.165) is 49.9 Å². The van der Waals surface area contributed by atoms with Gasteiger partial charge in [0.25, 0.3) is 0 Å². The van der Waals surface area contributed by atoms with E-state index >= 15 is 0 Å². The molecule has 0 aliphatic rings. The molecule has 4 heteroatoms. The van der Waals surface area contributed by atoms with Crippen LogP contribution in [0.3, 0.4) is 0 Å². The van der Waals surface area contributed by atoms with Crippen molar-refractivity contribution in [2.24, 2.45) is 0 Å². The molecule has 1 aromatic rings. The van der Waals surface area contributed by atoms with E-state index in [1.54, 1.807) is 0 Å². The van der Waals surface area contributed by atoms with Crippen molar-refractivity contribution in [2.75, 3.05) is 32.9 Å². The average Bonchev–Trinajstić information content (AvgIpc) is 2.39. The van der Waals surface area contributed by atoms with E-state index in [1.165, 1.54) is 0 Å². The molecular weight excluding hydrogens is 250 g/mol. The quantitative estimate of drug-likeness (QED) is 0.663. The smallest absolute Gasteiger partial charge is 0.119 e. The molecule has 0 aromatic heterocycles. The lowest BCUT2D eigenvalue weighted by Gasteiger charge is -2.07. The minimum absolute atomic E-state index is 0.674. The number of nitrogens with one attached hydrogen (secondary N) is 1. The highest BCUT2D eigenvalue weighted by Gasteiger charge is 1.94. The van der Waals surface area contributed by atoms with Gasteiger partial charge in [-0.1, -0.05) is 11.6 Å². The van der Waals surface area contributed by atoms with Gasteiger partial charge >= 0.3 is 0 Å². The molecular formula is C14H22ClNO2. The van der Waals surface area contributed by atoms with E-state index < -0.39 is 0 Å². The SMILES string of the molecule is CCOCCCCNCCOc1ccc(Cl)cc1. The number of ether oxygens (including phenoxy) is 2. The van der Waals surface area contributed by atoms with E-state index in [1.807, 2.05) is 31.2 Å². The second-order valence-electron chi connectivity index (χ2n) is 3.96. The molecule has 0 bridgehead atoms. The Morgan fingerprint density at radius 2 is 1.83 bits per heavy atom. The van der Waals surface area contributed by atoms with Gasteiger partial charge in [0, 0.05) is 24.8 Å². The zero-order valence-electron chi connectivity index (χ0n) is 11.0. The number of benzene rings is 1. The van der Waals surface area contributed by atoms with Crippen LogP contribution in [0.1, 0.15) is 19.8 Å². The van der Waals surface area contributed by atoms with Crippen molar-refractivity contribution in [3.05, 3.63) is 29.3 Å². The highest BCUT2D eigenvalue weighted by atomic mass is 35.5. The van der Waals surface area contributed by atoms with Gasteiger partial charge in [-0.25, -0.2) is 0 Å². The second-order valence-corrected chi connectivity index (χ2v) is 4.39. The van der Waals surface area contributed by atoms with Gasteiger partial charge in [0.1, 0.15) is 12.4 Å². The van der Waals surface area contributed by atoms with Crippen LogP contribution in [0, 0.1) is 0 Å². The van der Waals surface area contributed by atoms with Crippen molar-refractivity contribution < 1.29 is 9.47 Å². The van der Waals surface area contributed by atoms with Crippen molar-refractivity contribution in [1.29, 1.82) is 0 Å². The average molecular weight is 272 g/mol. The Morgan fingerprint density at radius 1 is 1.06 bits per heavy atom. The molecule has 0 saturated carbocycles. The molecule has 0 aliphatic heterocycles. The first-order valence-corrected chi connectivity index (χ1v) is 6.87. The fraction of sp³-hybridized carbons (Fsp3) is 0.571. The molecule has 3 nitrogen and oxygen atoms in total. The van der Waals surface area contributed by atoms with Crippen LogP contribution in [-0.4, -0.2) is 32.9 Å². The maximum atomic E-state index is 5.79. The van der Waals surface area contributed by atoms with Crippen LogP contribution in [0.5, 0.6) is 5.75 Å². The fourth-order valence-corrected chi connectivity index (χ4v) is 1.62. The predicted octanol–water partition coefficient (Wildman–Crippen LogP) is 3.13. The predicted molar refractivity (Wildman–Crippen MR) is 75.5 cm³/mol. The summed E-state index contributed by atoms with van der Waals surface area (Å²) in [5.74, 6) is 0.859. The van der Waals surface area contributed by atoms with Gasteiger partial charge < -0.3 is 14.8 Å². The van der Waals surface area contributed by atoms with E-state index in [9.17, 15) is 0 Å².